The molecule has 0 radical (unpaired) electrons. The summed E-state index contributed by atoms with van der Waals surface area (Å²) in [5.41, 5.74) is 5.98. The van der Waals surface area contributed by atoms with Crippen LogP contribution in [0, 0.1) is 5.92 Å². The molecule has 0 bridgehead atoms. The maximum absolute atomic E-state index is 11.0. The summed E-state index contributed by atoms with van der Waals surface area (Å²) < 4.78 is 0. The third-order valence-corrected chi connectivity index (χ3v) is 2.28. The fourth-order valence-corrected chi connectivity index (χ4v) is 1.68. The molecule has 0 unspecified atom stereocenters. The van der Waals surface area contributed by atoms with Crippen molar-refractivity contribution in [1.29, 1.82) is 0 Å². The lowest BCUT2D eigenvalue weighted by molar-refractivity contribution is -0.119. The summed E-state index contributed by atoms with van der Waals surface area (Å²) in [5, 5.41) is 8.08. The van der Waals surface area contributed by atoms with Crippen LogP contribution in [0.25, 0.3) is 0 Å². The second-order valence-corrected chi connectivity index (χ2v) is 4.76. The number of hydrogen-bond donors (Lipinski definition) is 1. The predicted octanol–water partition coefficient (Wildman–Crippen LogP) is 1.07. The predicted molar refractivity (Wildman–Crippen MR) is 66.4 cm³/mol. The van der Waals surface area contributed by atoms with Gasteiger partial charge in [-0.2, -0.15) is 5.10 Å². The molecule has 6 heteroatoms. The number of rotatable bonds is 6. The van der Waals surface area contributed by atoms with Gasteiger partial charge in [0.25, 0.3) is 0 Å². The fourth-order valence-electron chi connectivity index (χ4n) is 1.58. The van der Waals surface area contributed by atoms with Gasteiger partial charge in [0.2, 0.25) is 5.91 Å². The first kappa shape index (κ1) is 13.9. The molecule has 0 saturated carbocycles. The van der Waals surface area contributed by atoms with Crippen molar-refractivity contribution in [3.8, 4) is 0 Å². The van der Waals surface area contributed by atoms with Crippen LogP contribution in [-0.2, 0) is 11.3 Å². The summed E-state index contributed by atoms with van der Waals surface area (Å²) in [6.45, 7) is 5.73. The molecule has 0 aromatic carbocycles. The van der Waals surface area contributed by atoms with Crippen LogP contribution in [0.2, 0.25) is 5.15 Å². The van der Waals surface area contributed by atoms with E-state index in [2.05, 4.69) is 24.0 Å². The standard InChI is InChI=1S/C11H17ClN4O/c1-8(2)5-16(7-11(13)17)6-9-3-4-10(12)15-14-9/h3-4,8H,5-7H2,1-2H3,(H2,13,17). The average Bonchev–Trinajstić information content (AvgIpc) is 2.19. The Balaban J connectivity index is 2.64. The lowest BCUT2D eigenvalue weighted by Gasteiger charge is -2.21. The largest absolute Gasteiger partial charge is 0.369 e. The van der Waals surface area contributed by atoms with Gasteiger partial charge in [0.15, 0.2) is 5.15 Å². The molecule has 5 nitrogen and oxygen atoms in total. The maximum Gasteiger partial charge on any atom is 0.231 e. The van der Waals surface area contributed by atoms with E-state index in [1.807, 2.05) is 4.90 Å². The first-order valence-corrected chi connectivity index (χ1v) is 5.84. The third kappa shape index (κ3) is 5.60. The topological polar surface area (TPSA) is 72.1 Å². The van der Waals surface area contributed by atoms with Gasteiger partial charge in [-0.15, -0.1) is 5.10 Å². The van der Waals surface area contributed by atoms with Gasteiger partial charge in [0.1, 0.15) is 0 Å². The number of primary amides is 1. The molecule has 17 heavy (non-hydrogen) atoms. The minimum absolute atomic E-state index is 0.225. The van der Waals surface area contributed by atoms with Gasteiger partial charge in [-0.25, -0.2) is 0 Å². The molecule has 0 aliphatic heterocycles. The van der Waals surface area contributed by atoms with E-state index in [-0.39, 0.29) is 12.5 Å². The number of nitrogens with two attached hydrogens (primary N) is 1. The van der Waals surface area contributed by atoms with Gasteiger partial charge < -0.3 is 5.73 Å². The number of nitrogens with zero attached hydrogens (tertiary/aromatic N) is 3. The van der Waals surface area contributed by atoms with E-state index in [9.17, 15) is 4.79 Å². The maximum atomic E-state index is 11.0. The van der Waals surface area contributed by atoms with Crippen LogP contribution in [0.5, 0.6) is 0 Å². The van der Waals surface area contributed by atoms with Crippen molar-refractivity contribution in [2.75, 3.05) is 13.1 Å². The van der Waals surface area contributed by atoms with Crippen LogP contribution < -0.4 is 5.73 Å². The molecule has 0 spiro atoms. The average molecular weight is 257 g/mol. The lowest BCUT2D eigenvalue weighted by atomic mass is 10.2. The Kier molecular flexibility index (Phi) is 5.31. The van der Waals surface area contributed by atoms with Crippen molar-refractivity contribution in [3.05, 3.63) is 23.0 Å². The van der Waals surface area contributed by atoms with Gasteiger partial charge in [-0.05, 0) is 18.1 Å². The van der Waals surface area contributed by atoms with Crippen LogP contribution in [0.4, 0.5) is 0 Å². The number of aromatic nitrogens is 2. The van der Waals surface area contributed by atoms with E-state index in [1.165, 1.54) is 0 Å². The highest BCUT2D eigenvalue weighted by Crippen LogP contribution is 2.07. The van der Waals surface area contributed by atoms with E-state index in [0.29, 0.717) is 17.6 Å². The Morgan fingerprint density at radius 3 is 2.65 bits per heavy atom. The highest BCUT2D eigenvalue weighted by molar-refractivity contribution is 6.29. The summed E-state index contributed by atoms with van der Waals surface area (Å²) in [4.78, 5) is 12.9. The minimum Gasteiger partial charge on any atom is -0.369 e. The SMILES string of the molecule is CC(C)CN(CC(N)=O)Cc1ccc(Cl)nn1. The zero-order valence-corrected chi connectivity index (χ0v) is 10.8. The second-order valence-electron chi connectivity index (χ2n) is 4.38. The first-order chi connectivity index (χ1) is 7.97. The highest BCUT2D eigenvalue weighted by atomic mass is 35.5. The Morgan fingerprint density at radius 1 is 1.47 bits per heavy atom. The van der Waals surface area contributed by atoms with Gasteiger partial charge >= 0.3 is 0 Å². The molecule has 0 aliphatic rings. The van der Waals surface area contributed by atoms with Gasteiger partial charge in [0, 0.05) is 13.1 Å². The molecular weight excluding hydrogens is 240 g/mol. The van der Waals surface area contributed by atoms with E-state index in [0.717, 1.165) is 12.2 Å². The molecule has 94 valence electrons. The highest BCUT2D eigenvalue weighted by Gasteiger charge is 2.11. The molecule has 0 fully saturated rings. The fraction of sp³-hybridized carbons (Fsp3) is 0.545. The zero-order valence-electron chi connectivity index (χ0n) is 10.1. The molecule has 1 rings (SSSR count). The van der Waals surface area contributed by atoms with Crippen LogP contribution >= 0.6 is 11.6 Å². The van der Waals surface area contributed by atoms with Gasteiger partial charge in [-0.1, -0.05) is 25.4 Å². The number of carbonyl (C=O) groups excluding carboxylic acids is 1. The number of hydrogen-bond acceptors (Lipinski definition) is 4. The van der Waals surface area contributed by atoms with Crippen molar-refractivity contribution in [3.63, 3.8) is 0 Å². The zero-order chi connectivity index (χ0) is 12.8. The van der Waals surface area contributed by atoms with Crippen LogP contribution in [0.1, 0.15) is 19.5 Å². The normalized spacial score (nSPS) is 11.1. The first-order valence-electron chi connectivity index (χ1n) is 5.46. The van der Waals surface area contributed by atoms with Crippen molar-refractivity contribution in [1.82, 2.24) is 15.1 Å². The van der Waals surface area contributed by atoms with E-state index >= 15 is 0 Å². The molecule has 0 aliphatic carbocycles. The third-order valence-electron chi connectivity index (χ3n) is 2.08. The van der Waals surface area contributed by atoms with E-state index < -0.39 is 0 Å². The Labute approximate surface area is 106 Å². The van der Waals surface area contributed by atoms with Crippen molar-refractivity contribution >= 4 is 17.5 Å². The van der Waals surface area contributed by atoms with Crippen molar-refractivity contribution < 1.29 is 4.79 Å². The Morgan fingerprint density at radius 2 is 2.18 bits per heavy atom. The van der Waals surface area contributed by atoms with Crippen LogP contribution in [0.15, 0.2) is 12.1 Å². The van der Waals surface area contributed by atoms with Crippen LogP contribution in [0.3, 0.4) is 0 Å². The molecule has 1 heterocycles. The number of amides is 1. The molecule has 2 N–H and O–H groups in total. The lowest BCUT2D eigenvalue weighted by Crippen LogP contribution is -2.36. The smallest absolute Gasteiger partial charge is 0.231 e. The van der Waals surface area contributed by atoms with Gasteiger partial charge in [-0.3, -0.25) is 9.69 Å². The van der Waals surface area contributed by atoms with Crippen LogP contribution in [-0.4, -0.2) is 34.1 Å². The Bertz CT molecular complexity index is 366. The molecule has 1 aromatic rings. The second kappa shape index (κ2) is 6.51. The minimum atomic E-state index is -0.340. The monoisotopic (exact) mass is 256 g/mol. The van der Waals surface area contributed by atoms with Crippen molar-refractivity contribution in [2.24, 2.45) is 11.7 Å². The van der Waals surface area contributed by atoms with Gasteiger partial charge in [0.05, 0.1) is 12.2 Å². The van der Waals surface area contributed by atoms with E-state index in [4.69, 9.17) is 17.3 Å². The summed E-state index contributed by atoms with van der Waals surface area (Å²) >= 11 is 5.66. The summed E-state index contributed by atoms with van der Waals surface area (Å²) in [7, 11) is 0. The summed E-state index contributed by atoms with van der Waals surface area (Å²) in [6.07, 6.45) is 0. The number of halogens is 1. The molecule has 0 saturated heterocycles. The quantitative estimate of drug-likeness (QED) is 0.827. The molecule has 1 aromatic heterocycles. The summed E-state index contributed by atoms with van der Waals surface area (Å²) in [6, 6.07) is 3.48. The molecule has 0 atom stereocenters. The molecule has 1 amide bonds. The molecular formula is C11H17ClN4O. The van der Waals surface area contributed by atoms with E-state index in [1.54, 1.807) is 12.1 Å². The van der Waals surface area contributed by atoms with Crippen molar-refractivity contribution in [2.45, 2.75) is 20.4 Å². The Hall–Kier alpha value is -1.20. The summed E-state index contributed by atoms with van der Waals surface area (Å²) in [5.74, 6) is 0.113. The number of carbonyl (C=O) groups is 1.